The maximum atomic E-state index is 11.0. The Kier molecular flexibility index (Phi) is 2.40. The molecule has 0 aliphatic rings. The van der Waals surface area contributed by atoms with Crippen LogP contribution in [0.3, 0.4) is 0 Å². The van der Waals surface area contributed by atoms with E-state index in [4.69, 9.17) is 4.52 Å². The first-order valence-electron chi connectivity index (χ1n) is 5.46. The fraction of sp³-hybridized carbons (Fsp3) is 0.167. The minimum Gasteiger partial charge on any atom is -0.337 e. The van der Waals surface area contributed by atoms with Crippen molar-refractivity contribution in [1.29, 1.82) is 0 Å². The van der Waals surface area contributed by atoms with Gasteiger partial charge in [-0.15, -0.1) is 0 Å². The van der Waals surface area contributed by atoms with Crippen molar-refractivity contribution in [3.05, 3.63) is 41.8 Å². The Morgan fingerprint density at radius 3 is 3.11 bits per heavy atom. The molecule has 6 heteroatoms. The highest BCUT2D eigenvalue weighted by Crippen LogP contribution is 2.18. The van der Waals surface area contributed by atoms with Crippen LogP contribution in [0.2, 0.25) is 0 Å². The highest BCUT2D eigenvalue weighted by molar-refractivity contribution is 5.95. The van der Waals surface area contributed by atoms with Crippen LogP contribution in [0.25, 0.3) is 11.0 Å². The van der Waals surface area contributed by atoms with Crippen molar-refractivity contribution in [3.63, 3.8) is 0 Å². The predicted octanol–water partition coefficient (Wildman–Crippen LogP) is 1.59. The lowest BCUT2D eigenvalue weighted by atomic mass is 10.2. The number of rotatable bonds is 3. The number of aryl methyl sites for hydroxylation is 1. The van der Waals surface area contributed by atoms with Crippen molar-refractivity contribution in [3.8, 4) is 0 Å². The Labute approximate surface area is 102 Å². The first-order valence-corrected chi connectivity index (χ1v) is 5.46. The first kappa shape index (κ1) is 10.6. The van der Waals surface area contributed by atoms with Crippen LogP contribution in [0.5, 0.6) is 0 Å². The van der Waals surface area contributed by atoms with E-state index in [9.17, 15) is 4.79 Å². The molecule has 0 spiro atoms. The Balaban J connectivity index is 2.09. The number of aromatic nitrogens is 4. The molecule has 0 aliphatic heterocycles. The standard InChI is InChI=1S/C12H10N4O2/c1-8-14-11(18-15-8)6-16-5-9(7-17)10-3-2-4-13-12(10)16/h2-5,7H,6H2,1H3. The van der Waals surface area contributed by atoms with E-state index in [1.54, 1.807) is 25.4 Å². The molecule has 90 valence electrons. The molecule has 0 saturated heterocycles. The van der Waals surface area contributed by atoms with Gasteiger partial charge in [-0.2, -0.15) is 4.98 Å². The molecule has 3 aromatic rings. The second-order valence-corrected chi connectivity index (χ2v) is 3.94. The van der Waals surface area contributed by atoms with Gasteiger partial charge in [-0.05, 0) is 19.1 Å². The van der Waals surface area contributed by atoms with Gasteiger partial charge in [-0.1, -0.05) is 5.16 Å². The van der Waals surface area contributed by atoms with E-state index in [2.05, 4.69) is 15.1 Å². The highest BCUT2D eigenvalue weighted by atomic mass is 16.5. The molecule has 0 aliphatic carbocycles. The smallest absolute Gasteiger partial charge is 0.246 e. The van der Waals surface area contributed by atoms with Crippen LogP contribution >= 0.6 is 0 Å². The SMILES string of the molecule is Cc1noc(Cn2cc(C=O)c3cccnc32)n1. The summed E-state index contributed by atoms with van der Waals surface area (Å²) in [7, 11) is 0. The highest BCUT2D eigenvalue weighted by Gasteiger charge is 2.11. The number of carbonyl (C=O) groups is 1. The van der Waals surface area contributed by atoms with Gasteiger partial charge < -0.3 is 9.09 Å². The Bertz CT molecular complexity index is 714. The van der Waals surface area contributed by atoms with Crippen LogP contribution in [-0.4, -0.2) is 26.0 Å². The van der Waals surface area contributed by atoms with Gasteiger partial charge in [0.25, 0.3) is 0 Å². The molecular weight excluding hydrogens is 232 g/mol. The third-order valence-corrected chi connectivity index (χ3v) is 2.67. The van der Waals surface area contributed by atoms with Crippen molar-refractivity contribution in [2.24, 2.45) is 0 Å². The lowest BCUT2D eigenvalue weighted by molar-refractivity contribution is 0.112. The number of hydrogen-bond donors (Lipinski definition) is 0. The van der Waals surface area contributed by atoms with E-state index in [1.165, 1.54) is 0 Å². The van der Waals surface area contributed by atoms with Gasteiger partial charge in [0.15, 0.2) is 12.1 Å². The molecule has 0 N–H and O–H groups in total. The molecule has 0 bridgehead atoms. The number of nitrogens with zero attached hydrogens (tertiary/aromatic N) is 4. The van der Waals surface area contributed by atoms with Gasteiger partial charge >= 0.3 is 0 Å². The Morgan fingerprint density at radius 1 is 1.50 bits per heavy atom. The van der Waals surface area contributed by atoms with E-state index in [0.29, 0.717) is 23.8 Å². The van der Waals surface area contributed by atoms with E-state index in [0.717, 1.165) is 17.3 Å². The summed E-state index contributed by atoms with van der Waals surface area (Å²) in [6.07, 6.45) is 4.25. The molecule has 6 nitrogen and oxygen atoms in total. The Morgan fingerprint density at radius 2 is 2.39 bits per heavy atom. The molecule has 0 amide bonds. The number of carbonyl (C=O) groups excluding carboxylic acids is 1. The summed E-state index contributed by atoms with van der Waals surface area (Å²) < 4.78 is 6.89. The van der Waals surface area contributed by atoms with Crippen LogP contribution in [-0.2, 0) is 6.54 Å². The van der Waals surface area contributed by atoms with Crippen LogP contribution in [0.15, 0.2) is 29.0 Å². The normalized spacial score (nSPS) is 10.9. The Hall–Kier alpha value is -2.50. The summed E-state index contributed by atoms with van der Waals surface area (Å²) in [5, 5.41) is 4.55. The third kappa shape index (κ3) is 1.67. The summed E-state index contributed by atoms with van der Waals surface area (Å²) in [4.78, 5) is 19.4. The van der Waals surface area contributed by atoms with Gasteiger partial charge in [0, 0.05) is 23.3 Å². The average molecular weight is 242 g/mol. The third-order valence-electron chi connectivity index (χ3n) is 2.67. The number of pyridine rings is 1. The second-order valence-electron chi connectivity index (χ2n) is 3.94. The molecule has 3 heterocycles. The molecule has 0 radical (unpaired) electrons. The van der Waals surface area contributed by atoms with Crippen molar-refractivity contribution >= 4 is 17.3 Å². The topological polar surface area (TPSA) is 73.8 Å². The predicted molar refractivity (Wildman–Crippen MR) is 63.3 cm³/mol. The van der Waals surface area contributed by atoms with E-state index in [-0.39, 0.29) is 0 Å². The molecule has 18 heavy (non-hydrogen) atoms. The summed E-state index contributed by atoms with van der Waals surface area (Å²) in [6.45, 7) is 2.16. The molecule has 3 rings (SSSR count). The van der Waals surface area contributed by atoms with Gasteiger partial charge in [0.2, 0.25) is 5.89 Å². The van der Waals surface area contributed by atoms with Crippen molar-refractivity contribution < 1.29 is 9.32 Å². The maximum Gasteiger partial charge on any atom is 0.246 e. The fourth-order valence-corrected chi connectivity index (χ4v) is 1.91. The van der Waals surface area contributed by atoms with Crippen molar-refractivity contribution in [2.75, 3.05) is 0 Å². The summed E-state index contributed by atoms with van der Waals surface area (Å²) >= 11 is 0. The number of fused-ring (bicyclic) bond motifs is 1. The number of aldehydes is 1. The molecule has 0 saturated carbocycles. The quantitative estimate of drug-likeness (QED) is 0.652. The van der Waals surface area contributed by atoms with Crippen molar-refractivity contribution in [1.82, 2.24) is 19.7 Å². The van der Waals surface area contributed by atoms with Gasteiger partial charge in [0.05, 0.1) is 0 Å². The van der Waals surface area contributed by atoms with Crippen LogP contribution < -0.4 is 0 Å². The lowest BCUT2D eigenvalue weighted by Gasteiger charge is -1.99. The average Bonchev–Trinajstić information content (AvgIpc) is 2.95. The minimum absolute atomic E-state index is 0.405. The van der Waals surface area contributed by atoms with Crippen molar-refractivity contribution in [2.45, 2.75) is 13.5 Å². The maximum absolute atomic E-state index is 11.0. The largest absolute Gasteiger partial charge is 0.337 e. The summed E-state index contributed by atoms with van der Waals surface area (Å²) in [6, 6.07) is 3.66. The first-order chi connectivity index (χ1) is 8.78. The molecule has 0 aromatic carbocycles. The molecule has 3 aromatic heterocycles. The van der Waals surface area contributed by atoms with E-state index >= 15 is 0 Å². The molecule has 0 unspecified atom stereocenters. The lowest BCUT2D eigenvalue weighted by Crippen LogP contribution is -1.99. The summed E-state index contributed by atoms with van der Waals surface area (Å²) in [5.41, 5.74) is 1.34. The number of hydrogen-bond acceptors (Lipinski definition) is 5. The second kappa shape index (κ2) is 4.06. The van der Waals surface area contributed by atoms with E-state index < -0.39 is 0 Å². The molecule has 0 fully saturated rings. The van der Waals surface area contributed by atoms with Gasteiger partial charge in [0.1, 0.15) is 12.2 Å². The zero-order valence-electron chi connectivity index (χ0n) is 9.70. The summed E-state index contributed by atoms with van der Waals surface area (Å²) in [5.74, 6) is 1.08. The van der Waals surface area contributed by atoms with Gasteiger partial charge in [-0.3, -0.25) is 4.79 Å². The van der Waals surface area contributed by atoms with E-state index in [1.807, 2.05) is 10.6 Å². The van der Waals surface area contributed by atoms with Gasteiger partial charge in [-0.25, -0.2) is 4.98 Å². The molecule has 0 atom stereocenters. The minimum atomic E-state index is 0.405. The zero-order chi connectivity index (χ0) is 12.5. The van der Waals surface area contributed by atoms with Crippen LogP contribution in [0.1, 0.15) is 22.1 Å². The van der Waals surface area contributed by atoms with Crippen LogP contribution in [0, 0.1) is 6.92 Å². The zero-order valence-corrected chi connectivity index (χ0v) is 9.70. The van der Waals surface area contributed by atoms with Crippen LogP contribution in [0.4, 0.5) is 0 Å². The fourth-order valence-electron chi connectivity index (χ4n) is 1.91. The molecular formula is C12H10N4O2. The monoisotopic (exact) mass is 242 g/mol.